The summed E-state index contributed by atoms with van der Waals surface area (Å²) in [6.45, 7) is 6.60. The zero-order valence-electron chi connectivity index (χ0n) is 12.0. The molecule has 102 valence electrons. The highest BCUT2D eigenvalue weighted by Gasteiger charge is 2.29. The number of ether oxygens (including phenoxy) is 1. The predicted octanol–water partition coefficient (Wildman–Crippen LogP) is 3.19. The van der Waals surface area contributed by atoms with Gasteiger partial charge in [0.25, 0.3) is 0 Å². The molecule has 0 atom stereocenters. The van der Waals surface area contributed by atoms with Gasteiger partial charge in [-0.3, -0.25) is 4.90 Å². The van der Waals surface area contributed by atoms with Crippen molar-refractivity contribution in [3.8, 4) is 11.8 Å². The molecule has 0 heterocycles. The molecule has 1 aliphatic carbocycles. The maximum Gasteiger partial charge on any atom is 0.136 e. The van der Waals surface area contributed by atoms with Crippen molar-refractivity contribution in [2.75, 3.05) is 13.7 Å². The first-order valence-corrected chi connectivity index (χ1v) is 6.95. The van der Waals surface area contributed by atoms with Crippen LogP contribution >= 0.6 is 0 Å². The molecule has 1 saturated carbocycles. The fourth-order valence-electron chi connectivity index (χ4n) is 2.41. The highest BCUT2D eigenvalue weighted by Crippen LogP contribution is 2.30. The molecule has 1 aromatic carbocycles. The van der Waals surface area contributed by atoms with Crippen molar-refractivity contribution >= 4 is 0 Å². The van der Waals surface area contributed by atoms with Crippen LogP contribution in [0.2, 0.25) is 0 Å². The van der Waals surface area contributed by atoms with Gasteiger partial charge in [0.05, 0.1) is 12.7 Å². The second kappa shape index (κ2) is 6.08. The molecule has 0 amide bonds. The van der Waals surface area contributed by atoms with Crippen LogP contribution in [-0.2, 0) is 6.54 Å². The highest BCUT2D eigenvalue weighted by atomic mass is 16.5. The minimum atomic E-state index is 0.605. The Kier molecular flexibility index (Phi) is 4.44. The number of nitrogens with zero attached hydrogens (tertiary/aromatic N) is 2. The lowest BCUT2D eigenvalue weighted by molar-refractivity contribution is 0.226. The molecule has 0 aromatic heterocycles. The van der Waals surface area contributed by atoms with Crippen LogP contribution in [0, 0.1) is 17.2 Å². The van der Waals surface area contributed by atoms with Gasteiger partial charge in [-0.1, -0.05) is 19.9 Å². The summed E-state index contributed by atoms with van der Waals surface area (Å²) in [5.41, 5.74) is 1.83. The zero-order chi connectivity index (χ0) is 13.8. The van der Waals surface area contributed by atoms with Crippen molar-refractivity contribution in [1.82, 2.24) is 4.90 Å². The third kappa shape index (κ3) is 3.71. The zero-order valence-corrected chi connectivity index (χ0v) is 12.0. The Labute approximate surface area is 115 Å². The summed E-state index contributed by atoms with van der Waals surface area (Å²) in [5.74, 6) is 1.36. The molecule has 1 fully saturated rings. The molecule has 2 rings (SSSR count). The average Bonchev–Trinajstić information content (AvgIpc) is 3.21. The molecule has 3 nitrogen and oxygen atoms in total. The van der Waals surface area contributed by atoms with E-state index in [2.05, 4.69) is 24.8 Å². The summed E-state index contributed by atoms with van der Waals surface area (Å²) in [6, 6.07) is 8.80. The van der Waals surface area contributed by atoms with E-state index in [-0.39, 0.29) is 0 Å². The van der Waals surface area contributed by atoms with Gasteiger partial charge < -0.3 is 4.74 Å². The van der Waals surface area contributed by atoms with Crippen molar-refractivity contribution in [3.63, 3.8) is 0 Å². The van der Waals surface area contributed by atoms with Gasteiger partial charge in [-0.05, 0) is 36.5 Å². The molecular formula is C16H22N2O. The molecular weight excluding hydrogens is 236 g/mol. The van der Waals surface area contributed by atoms with Gasteiger partial charge in [-0.2, -0.15) is 5.26 Å². The summed E-state index contributed by atoms with van der Waals surface area (Å²) in [6.07, 6.45) is 2.64. The second-order valence-corrected chi connectivity index (χ2v) is 5.70. The van der Waals surface area contributed by atoms with Crippen LogP contribution in [-0.4, -0.2) is 24.6 Å². The second-order valence-electron chi connectivity index (χ2n) is 5.70. The molecule has 0 spiro atoms. The maximum atomic E-state index is 9.00. The molecule has 0 bridgehead atoms. The van der Waals surface area contributed by atoms with E-state index in [1.807, 2.05) is 18.2 Å². The molecule has 1 aromatic rings. The van der Waals surface area contributed by atoms with Crippen molar-refractivity contribution in [2.24, 2.45) is 5.92 Å². The van der Waals surface area contributed by atoms with E-state index < -0.39 is 0 Å². The third-order valence-electron chi connectivity index (χ3n) is 3.43. The first kappa shape index (κ1) is 13.9. The minimum absolute atomic E-state index is 0.605. The van der Waals surface area contributed by atoms with E-state index >= 15 is 0 Å². The molecule has 0 radical (unpaired) electrons. The molecule has 0 saturated heterocycles. The van der Waals surface area contributed by atoms with E-state index in [0.717, 1.165) is 19.1 Å². The Balaban J connectivity index is 2.10. The lowest BCUT2D eigenvalue weighted by Gasteiger charge is -2.24. The first-order valence-electron chi connectivity index (χ1n) is 6.95. The van der Waals surface area contributed by atoms with Crippen LogP contribution < -0.4 is 4.74 Å². The summed E-state index contributed by atoms with van der Waals surface area (Å²) in [5, 5.41) is 9.00. The number of hydrogen-bond acceptors (Lipinski definition) is 3. The molecule has 0 N–H and O–H groups in total. The standard InChI is InChI=1S/C16H22N2O/c1-12(2)10-18(15-6-7-15)11-13-4-5-14(9-17)16(8-13)19-3/h4-5,8,12,15H,6-7,10-11H2,1-3H3. The Morgan fingerprint density at radius 3 is 2.68 bits per heavy atom. The van der Waals surface area contributed by atoms with Gasteiger partial charge >= 0.3 is 0 Å². The Hall–Kier alpha value is -1.53. The fraction of sp³-hybridized carbons (Fsp3) is 0.562. The largest absolute Gasteiger partial charge is 0.495 e. The predicted molar refractivity (Wildman–Crippen MR) is 76.0 cm³/mol. The number of hydrogen-bond donors (Lipinski definition) is 0. The van der Waals surface area contributed by atoms with Crippen molar-refractivity contribution < 1.29 is 4.74 Å². The Bertz CT molecular complexity index is 472. The van der Waals surface area contributed by atoms with E-state index in [9.17, 15) is 0 Å². The molecule has 19 heavy (non-hydrogen) atoms. The molecule has 3 heteroatoms. The van der Waals surface area contributed by atoms with E-state index in [4.69, 9.17) is 10.00 Å². The minimum Gasteiger partial charge on any atom is -0.495 e. The van der Waals surface area contributed by atoms with Crippen molar-refractivity contribution in [2.45, 2.75) is 39.3 Å². The van der Waals surface area contributed by atoms with Gasteiger partial charge in [0.15, 0.2) is 0 Å². The van der Waals surface area contributed by atoms with Crippen LogP contribution in [0.3, 0.4) is 0 Å². The van der Waals surface area contributed by atoms with Crippen LogP contribution in [0.25, 0.3) is 0 Å². The van der Waals surface area contributed by atoms with E-state index in [0.29, 0.717) is 17.2 Å². The van der Waals surface area contributed by atoms with E-state index in [1.165, 1.54) is 18.4 Å². The quantitative estimate of drug-likeness (QED) is 0.786. The third-order valence-corrected chi connectivity index (χ3v) is 3.43. The topological polar surface area (TPSA) is 36.3 Å². The monoisotopic (exact) mass is 258 g/mol. The van der Waals surface area contributed by atoms with Gasteiger partial charge in [0, 0.05) is 19.1 Å². The molecule has 0 unspecified atom stereocenters. The normalized spacial score (nSPS) is 14.7. The van der Waals surface area contributed by atoms with Gasteiger partial charge in [-0.15, -0.1) is 0 Å². The van der Waals surface area contributed by atoms with Crippen LogP contribution in [0.5, 0.6) is 5.75 Å². The van der Waals surface area contributed by atoms with Crippen LogP contribution in [0.15, 0.2) is 18.2 Å². The number of rotatable bonds is 6. The lowest BCUT2D eigenvalue weighted by atomic mass is 10.1. The summed E-state index contributed by atoms with van der Waals surface area (Å²) < 4.78 is 5.27. The first-order chi connectivity index (χ1) is 9.13. The summed E-state index contributed by atoms with van der Waals surface area (Å²) in [4.78, 5) is 2.55. The number of nitriles is 1. The molecule has 1 aliphatic rings. The van der Waals surface area contributed by atoms with Crippen LogP contribution in [0.4, 0.5) is 0 Å². The molecule has 0 aliphatic heterocycles. The van der Waals surface area contributed by atoms with Crippen LogP contribution in [0.1, 0.15) is 37.8 Å². The summed E-state index contributed by atoms with van der Waals surface area (Å²) >= 11 is 0. The lowest BCUT2D eigenvalue weighted by Crippen LogP contribution is -2.29. The number of methoxy groups -OCH3 is 1. The smallest absolute Gasteiger partial charge is 0.136 e. The van der Waals surface area contributed by atoms with E-state index in [1.54, 1.807) is 7.11 Å². The van der Waals surface area contributed by atoms with Gasteiger partial charge in [0.2, 0.25) is 0 Å². The van der Waals surface area contributed by atoms with Gasteiger partial charge in [0.1, 0.15) is 11.8 Å². The fourth-order valence-corrected chi connectivity index (χ4v) is 2.41. The SMILES string of the molecule is COc1cc(CN(CC(C)C)C2CC2)ccc1C#N. The Morgan fingerprint density at radius 2 is 2.16 bits per heavy atom. The average molecular weight is 258 g/mol. The Morgan fingerprint density at radius 1 is 1.42 bits per heavy atom. The van der Waals surface area contributed by atoms with Gasteiger partial charge in [-0.25, -0.2) is 0 Å². The summed E-state index contributed by atoms with van der Waals surface area (Å²) in [7, 11) is 1.62. The maximum absolute atomic E-state index is 9.00. The van der Waals surface area contributed by atoms with Crippen molar-refractivity contribution in [1.29, 1.82) is 5.26 Å². The van der Waals surface area contributed by atoms with Crippen molar-refractivity contribution in [3.05, 3.63) is 29.3 Å². The highest BCUT2D eigenvalue weighted by molar-refractivity contribution is 5.45. The number of benzene rings is 1.